The first-order chi connectivity index (χ1) is 15.6. The molecule has 2 unspecified atom stereocenters. The lowest BCUT2D eigenvalue weighted by Gasteiger charge is -2.60. The van der Waals surface area contributed by atoms with Crippen molar-refractivity contribution in [2.75, 3.05) is 13.7 Å². The number of amides is 1. The molecule has 1 aromatic rings. The number of benzene rings is 1. The zero-order chi connectivity index (χ0) is 23.6. The first kappa shape index (κ1) is 23.1. The number of hydrogen-bond donors (Lipinski definition) is 0. The van der Waals surface area contributed by atoms with Gasteiger partial charge in [-0.2, -0.15) is 8.42 Å². The zero-order valence-electron chi connectivity index (χ0n) is 20.3. The predicted octanol–water partition coefficient (Wildman–Crippen LogP) is 4.96. The first-order valence-corrected chi connectivity index (χ1v) is 13.9. The van der Waals surface area contributed by atoms with Crippen molar-refractivity contribution in [3.05, 3.63) is 42.0 Å². The van der Waals surface area contributed by atoms with Gasteiger partial charge < -0.3 is 4.90 Å². The summed E-state index contributed by atoms with van der Waals surface area (Å²) in [5.74, 6) is 2.21. The molecule has 5 nitrogen and oxygen atoms in total. The topological polar surface area (TPSA) is 63.7 Å². The van der Waals surface area contributed by atoms with Crippen molar-refractivity contribution < 1.29 is 17.4 Å². The maximum atomic E-state index is 12.8. The van der Waals surface area contributed by atoms with E-state index in [1.54, 1.807) is 18.2 Å². The standard InChI is InChI=1S/C27H37NO4S/c1-18-5-8-20(9-6-18)33(30,31)32-17-19-7-11-22-21-10-12-24-27(3,16-14-25(29)28(24)4)23(21)13-15-26(19,22)2/h5-6,8-9,14,16,19,21-24H,7,10-13,15,17H2,1-4H3/t19-,21?,22+,23?,24-,26-,27-/m1/s1. The molecule has 6 heteroatoms. The van der Waals surface area contributed by atoms with Crippen molar-refractivity contribution in [1.29, 1.82) is 0 Å². The van der Waals surface area contributed by atoms with Crippen molar-refractivity contribution in [2.45, 2.75) is 70.2 Å². The van der Waals surface area contributed by atoms with Gasteiger partial charge in [-0.05, 0) is 92.7 Å². The molecule has 7 atom stereocenters. The Hall–Kier alpha value is -1.66. The van der Waals surface area contributed by atoms with Crippen LogP contribution in [0.3, 0.4) is 0 Å². The molecule has 33 heavy (non-hydrogen) atoms. The van der Waals surface area contributed by atoms with Gasteiger partial charge in [0.25, 0.3) is 10.1 Å². The summed E-state index contributed by atoms with van der Waals surface area (Å²) in [6, 6.07) is 7.18. The summed E-state index contributed by atoms with van der Waals surface area (Å²) in [4.78, 5) is 14.5. The molecule has 5 rings (SSSR count). The van der Waals surface area contributed by atoms with Crippen LogP contribution in [0.2, 0.25) is 0 Å². The fourth-order valence-electron chi connectivity index (χ4n) is 8.07. The number of rotatable bonds is 4. The van der Waals surface area contributed by atoms with Gasteiger partial charge in [-0.25, -0.2) is 0 Å². The van der Waals surface area contributed by atoms with Gasteiger partial charge in [0.05, 0.1) is 11.5 Å². The van der Waals surface area contributed by atoms with E-state index in [0.717, 1.165) is 44.1 Å². The smallest absolute Gasteiger partial charge is 0.296 e. The Kier molecular flexibility index (Phi) is 5.56. The third-order valence-electron chi connectivity index (χ3n) is 10.1. The molecule has 0 N–H and O–H groups in total. The van der Waals surface area contributed by atoms with E-state index in [-0.39, 0.29) is 34.2 Å². The molecule has 0 bridgehead atoms. The lowest BCUT2D eigenvalue weighted by molar-refractivity contribution is -0.139. The second-order valence-electron chi connectivity index (χ2n) is 11.5. The van der Waals surface area contributed by atoms with Crippen molar-refractivity contribution in [2.24, 2.45) is 34.5 Å². The van der Waals surface area contributed by atoms with Crippen LogP contribution in [0, 0.1) is 41.4 Å². The van der Waals surface area contributed by atoms with Gasteiger partial charge >= 0.3 is 0 Å². The number of fused-ring (bicyclic) bond motifs is 5. The highest BCUT2D eigenvalue weighted by Crippen LogP contribution is 2.65. The number of hydrogen-bond acceptors (Lipinski definition) is 4. The summed E-state index contributed by atoms with van der Waals surface area (Å²) in [5.41, 5.74) is 1.19. The van der Waals surface area contributed by atoms with Crippen LogP contribution >= 0.6 is 0 Å². The maximum Gasteiger partial charge on any atom is 0.296 e. The fraction of sp³-hybridized carbons (Fsp3) is 0.667. The molecule has 1 heterocycles. The van der Waals surface area contributed by atoms with E-state index in [1.807, 2.05) is 31.0 Å². The van der Waals surface area contributed by atoms with Crippen molar-refractivity contribution in [3.63, 3.8) is 0 Å². The molecule has 4 aliphatic rings. The monoisotopic (exact) mass is 471 g/mol. The summed E-state index contributed by atoms with van der Waals surface area (Å²) < 4.78 is 31.2. The molecule has 3 saturated carbocycles. The largest absolute Gasteiger partial charge is 0.338 e. The molecule has 3 fully saturated rings. The Morgan fingerprint density at radius 2 is 1.76 bits per heavy atom. The molecular weight excluding hydrogens is 434 g/mol. The quantitative estimate of drug-likeness (QED) is 0.583. The predicted molar refractivity (Wildman–Crippen MR) is 128 cm³/mol. The van der Waals surface area contributed by atoms with E-state index in [1.165, 1.54) is 0 Å². The van der Waals surface area contributed by atoms with Gasteiger partial charge in [-0.15, -0.1) is 0 Å². The highest BCUT2D eigenvalue weighted by atomic mass is 32.2. The van der Waals surface area contributed by atoms with Crippen molar-refractivity contribution in [3.8, 4) is 0 Å². The normalized spacial score (nSPS) is 40.3. The van der Waals surface area contributed by atoms with Crippen LogP contribution < -0.4 is 0 Å². The highest BCUT2D eigenvalue weighted by Gasteiger charge is 2.60. The van der Waals surface area contributed by atoms with Gasteiger partial charge in [0.2, 0.25) is 5.91 Å². The lowest BCUT2D eigenvalue weighted by Crippen LogP contribution is -2.59. The third-order valence-corrected chi connectivity index (χ3v) is 11.4. The summed E-state index contributed by atoms with van der Waals surface area (Å²) in [7, 11) is -1.78. The van der Waals surface area contributed by atoms with Gasteiger partial charge in [-0.3, -0.25) is 8.98 Å². The van der Waals surface area contributed by atoms with Gasteiger partial charge in [-0.1, -0.05) is 37.6 Å². The second kappa shape index (κ2) is 7.94. The second-order valence-corrected chi connectivity index (χ2v) is 13.1. The van der Waals surface area contributed by atoms with Crippen LogP contribution in [0.4, 0.5) is 0 Å². The first-order valence-electron chi connectivity index (χ1n) is 12.5. The number of carbonyl (C=O) groups is 1. The molecule has 1 aromatic carbocycles. The van der Waals surface area contributed by atoms with Crippen LogP contribution in [0.25, 0.3) is 0 Å². The number of aryl methyl sites for hydroxylation is 1. The Morgan fingerprint density at radius 1 is 1.03 bits per heavy atom. The average molecular weight is 472 g/mol. The van der Waals surface area contributed by atoms with Gasteiger partial charge in [0, 0.05) is 18.5 Å². The van der Waals surface area contributed by atoms with Crippen LogP contribution in [-0.2, 0) is 19.1 Å². The average Bonchev–Trinajstić information content (AvgIpc) is 3.12. The molecular formula is C27H37NO4S. The molecule has 0 aromatic heterocycles. The molecule has 1 aliphatic heterocycles. The molecule has 3 aliphatic carbocycles. The number of nitrogens with zero attached hydrogens (tertiary/aromatic N) is 1. The van der Waals surface area contributed by atoms with Crippen LogP contribution in [-0.4, -0.2) is 38.9 Å². The maximum absolute atomic E-state index is 12.8. The van der Waals surface area contributed by atoms with E-state index in [4.69, 9.17) is 4.18 Å². The van der Waals surface area contributed by atoms with Crippen LogP contribution in [0.5, 0.6) is 0 Å². The van der Waals surface area contributed by atoms with Crippen molar-refractivity contribution >= 4 is 16.0 Å². The SMILES string of the molecule is Cc1ccc(S(=O)(=O)OC[C@H]2CC[C@H]3C4CC[C@H]5N(C)C(=O)C=C[C@]5(C)C4CC[C@]23C)cc1. The number of carbonyl (C=O) groups excluding carboxylic acids is 1. The minimum Gasteiger partial charge on any atom is -0.338 e. The van der Waals surface area contributed by atoms with Gasteiger partial charge in [0.1, 0.15) is 0 Å². The van der Waals surface area contributed by atoms with Gasteiger partial charge in [0.15, 0.2) is 0 Å². The highest BCUT2D eigenvalue weighted by molar-refractivity contribution is 7.86. The Bertz CT molecular complexity index is 1060. The minimum absolute atomic E-state index is 0.0380. The summed E-state index contributed by atoms with van der Waals surface area (Å²) in [6.07, 6.45) is 10.6. The molecule has 1 amide bonds. The lowest BCUT2D eigenvalue weighted by atomic mass is 9.48. The minimum atomic E-state index is -3.74. The molecule has 0 saturated heterocycles. The molecule has 0 radical (unpaired) electrons. The summed E-state index contributed by atoms with van der Waals surface area (Å²) in [5, 5.41) is 0. The van der Waals surface area contributed by atoms with E-state index in [0.29, 0.717) is 23.8 Å². The van der Waals surface area contributed by atoms with E-state index < -0.39 is 10.1 Å². The van der Waals surface area contributed by atoms with Crippen LogP contribution in [0.15, 0.2) is 41.3 Å². The van der Waals surface area contributed by atoms with E-state index in [2.05, 4.69) is 19.9 Å². The third kappa shape index (κ3) is 3.59. The summed E-state index contributed by atoms with van der Waals surface area (Å²) >= 11 is 0. The molecule has 0 spiro atoms. The van der Waals surface area contributed by atoms with Crippen molar-refractivity contribution in [1.82, 2.24) is 4.90 Å². The number of likely N-dealkylation sites (N-methyl/N-ethyl adjacent to an activating group) is 1. The molecule has 180 valence electrons. The Balaban J connectivity index is 1.32. The Labute approximate surface area is 198 Å². The van der Waals surface area contributed by atoms with E-state index >= 15 is 0 Å². The summed E-state index contributed by atoms with van der Waals surface area (Å²) in [6.45, 7) is 6.96. The Morgan fingerprint density at radius 3 is 2.48 bits per heavy atom. The zero-order valence-corrected chi connectivity index (χ0v) is 21.1. The van der Waals surface area contributed by atoms with E-state index in [9.17, 15) is 13.2 Å². The van der Waals surface area contributed by atoms with Crippen LogP contribution in [0.1, 0.15) is 57.9 Å². The fourth-order valence-corrected chi connectivity index (χ4v) is 9.01.